The molecule has 0 radical (unpaired) electrons. The highest BCUT2D eigenvalue weighted by Gasteiger charge is 2.42. The molecule has 7 nitrogen and oxygen atoms in total. The highest BCUT2D eigenvalue weighted by molar-refractivity contribution is 7.91. The smallest absolute Gasteiger partial charge is 0.181 e. The van der Waals surface area contributed by atoms with Gasteiger partial charge in [0.25, 0.3) is 0 Å². The van der Waals surface area contributed by atoms with Gasteiger partial charge in [0.05, 0.1) is 29.2 Å². The SMILES string of the molecule is Cc1cc(Cc2nc(-c3ccc(Cl)cc3)nn2C2(C)CCS(=O)(=O)C2)on1. The third-order valence-electron chi connectivity index (χ3n) is 4.78. The summed E-state index contributed by atoms with van der Waals surface area (Å²) in [5, 5.41) is 9.21. The van der Waals surface area contributed by atoms with E-state index in [1.54, 1.807) is 16.8 Å². The summed E-state index contributed by atoms with van der Waals surface area (Å²) in [5.74, 6) is 2.04. The van der Waals surface area contributed by atoms with Crippen LogP contribution in [-0.4, -0.2) is 39.8 Å². The van der Waals surface area contributed by atoms with Gasteiger partial charge in [-0.3, -0.25) is 0 Å². The van der Waals surface area contributed by atoms with Gasteiger partial charge < -0.3 is 4.52 Å². The normalized spacial score (nSPS) is 21.6. The Morgan fingerprint density at radius 1 is 1.30 bits per heavy atom. The lowest BCUT2D eigenvalue weighted by molar-refractivity contribution is 0.313. The molecule has 4 rings (SSSR count). The Balaban J connectivity index is 1.78. The number of sulfone groups is 1. The van der Waals surface area contributed by atoms with Crippen LogP contribution >= 0.6 is 11.6 Å². The predicted molar refractivity (Wildman–Crippen MR) is 101 cm³/mol. The first-order valence-electron chi connectivity index (χ1n) is 8.59. The van der Waals surface area contributed by atoms with E-state index in [0.717, 1.165) is 11.3 Å². The van der Waals surface area contributed by atoms with E-state index in [1.807, 2.05) is 32.0 Å². The molecule has 3 aromatic rings. The molecule has 3 heterocycles. The molecule has 0 N–H and O–H groups in total. The number of benzene rings is 1. The average Bonchev–Trinajstić information content (AvgIpc) is 3.27. The van der Waals surface area contributed by atoms with E-state index in [9.17, 15) is 8.42 Å². The highest BCUT2D eigenvalue weighted by Crippen LogP contribution is 2.33. The van der Waals surface area contributed by atoms with Crippen molar-refractivity contribution in [3.05, 3.63) is 52.6 Å². The van der Waals surface area contributed by atoms with E-state index < -0.39 is 15.4 Å². The minimum absolute atomic E-state index is 0.0475. The lowest BCUT2D eigenvalue weighted by Crippen LogP contribution is -2.34. The van der Waals surface area contributed by atoms with Gasteiger partial charge in [-0.1, -0.05) is 16.8 Å². The van der Waals surface area contributed by atoms with E-state index in [0.29, 0.717) is 35.3 Å². The zero-order valence-corrected chi connectivity index (χ0v) is 16.6. The van der Waals surface area contributed by atoms with Crippen LogP contribution in [0.25, 0.3) is 11.4 Å². The molecule has 1 unspecified atom stereocenters. The van der Waals surface area contributed by atoms with Crippen LogP contribution in [0.5, 0.6) is 0 Å². The van der Waals surface area contributed by atoms with Gasteiger partial charge in [0.2, 0.25) is 0 Å². The van der Waals surface area contributed by atoms with E-state index in [2.05, 4.69) is 15.2 Å². The molecule has 1 aromatic carbocycles. The van der Waals surface area contributed by atoms with E-state index >= 15 is 0 Å². The zero-order valence-electron chi connectivity index (χ0n) is 15.0. The first kappa shape index (κ1) is 18.2. The fourth-order valence-corrected chi connectivity index (χ4v) is 5.66. The number of hydrogen-bond acceptors (Lipinski definition) is 6. The van der Waals surface area contributed by atoms with Crippen molar-refractivity contribution in [2.24, 2.45) is 0 Å². The Bertz CT molecular complexity index is 1090. The number of nitrogens with zero attached hydrogens (tertiary/aromatic N) is 4. The number of aryl methyl sites for hydroxylation is 1. The topological polar surface area (TPSA) is 90.9 Å². The summed E-state index contributed by atoms with van der Waals surface area (Å²) in [7, 11) is -3.09. The minimum atomic E-state index is -3.09. The molecular weight excluding hydrogens is 388 g/mol. The molecular formula is C18H19ClN4O3S. The number of aromatic nitrogens is 4. The van der Waals surface area contributed by atoms with Crippen molar-refractivity contribution in [2.45, 2.75) is 32.2 Å². The maximum atomic E-state index is 12.1. The Morgan fingerprint density at radius 3 is 2.63 bits per heavy atom. The number of hydrogen-bond donors (Lipinski definition) is 0. The standard InChI is InChI=1S/C18H19ClN4O3S/c1-12-9-15(26-22-12)10-16-20-17(13-3-5-14(19)6-4-13)21-23(16)18(2)7-8-27(24,25)11-18/h3-6,9H,7-8,10-11H2,1-2H3. The minimum Gasteiger partial charge on any atom is -0.361 e. The van der Waals surface area contributed by atoms with Gasteiger partial charge in [0.1, 0.15) is 11.6 Å². The second-order valence-corrected chi connectivity index (χ2v) is 9.84. The van der Waals surface area contributed by atoms with Crippen molar-refractivity contribution < 1.29 is 12.9 Å². The van der Waals surface area contributed by atoms with Crippen LogP contribution in [0.2, 0.25) is 5.02 Å². The van der Waals surface area contributed by atoms with Crippen molar-refractivity contribution in [3.8, 4) is 11.4 Å². The second kappa shape index (κ2) is 6.45. The molecule has 9 heteroatoms. The number of rotatable bonds is 4. The molecule has 2 aromatic heterocycles. The maximum absolute atomic E-state index is 12.1. The maximum Gasteiger partial charge on any atom is 0.181 e. The summed E-state index contributed by atoms with van der Waals surface area (Å²) in [5.41, 5.74) is 0.960. The summed E-state index contributed by atoms with van der Waals surface area (Å²) in [6.07, 6.45) is 0.887. The van der Waals surface area contributed by atoms with Crippen LogP contribution in [0.1, 0.15) is 30.6 Å². The lowest BCUT2D eigenvalue weighted by atomic mass is 10.0. The molecule has 1 saturated heterocycles. The van der Waals surface area contributed by atoms with Gasteiger partial charge in [-0.15, -0.1) is 0 Å². The van der Waals surface area contributed by atoms with Gasteiger partial charge in [-0.2, -0.15) is 5.10 Å². The van der Waals surface area contributed by atoms with Gasteiger partial charge in [0.15, 0.2) is 15.7 Å². The van der Waals surface area contributed by atoms with E-state index in [-0.39, 0.29) is 11.5 Å². The fraction of sp³-hybridized carbons (Fsp3) is 0.389. The van der Waals surface area contributed by atoms with Crippen LogP contribution in [0.4, 0.5) is 0 Å². The summed E-state index contributed by atoms with van der Waals surface area (Å²) in [6, 6.07) is 9.09. The van der Waals surface area contributed by atoms with Crippen molar-refractivity contribution in [1.29, 1.82) is 0 Å². The Labute approximate surface area is 162 Å². The monoisotopic (exact) mass is 406 g/mol. The molecule has 0 spiro atoms. The summed E-state index contributed by atoms with van der Waals surface area (Å²) in [4.78, 5) is 4.68. The van der Waals surface area contributed by atoms with Gasteiger partial charge in [-0.25, -0.2) is 18.1 Å². The molecule has 1 fully saturated rings. The molecule has 1 aliphatic rings. The highest BCUT2D eigenvalue weighted by atomic mass is 35.5. The van der Waals surface area contributed by atoms with Gasteiger partial charge in [-0.05, 0) is 44.5 Å². The third-order valence-corrected chi connectivity index (χ3v) is 6.92. The largest absolute Gasteiger partial charge is 0.361 e. The van der Waals surface area contributed by atoms with Crippen LogP contribution < -0.4 is 0 Å². The van der Waals surface area contributed by atoms with Crippen LogP contribution in [0.15, 0.2) is 34.9 Å². The molecule has 27 heavy (non-hydrogen) atoms. The first-order chi connectivity index (χ1) is 12.7. The molecule has 1 aliphatic heterocycles. The summed E-state index contributed by atoms with van der Waals surface area (Å²) >= 11 is 5.97. The van der Waals surface area contributed by atoms with Crippen LogP contribution in [0, 0.1) is 6.92 Å². The lowest BCUT2D eigenvalue weighted by Gasteiger charge is -2.24. The van der Waals surface area contributed by atoms with Crippen LogP contribution in [0.3, 0.4) is 0 Å². The zero-order chi connectivity index (χ0) is 19.2. The summed E-state index contributed by atoms with van der Waals surface area (Å²) in [6.45, 7) is 3.76. The molecule has 0 amide bonds. The molecule has 0 bridgehead atoms. The third kappa shape index (κ3) is 3.64. The van der Waals surface area contributed by atoms with Crippen molar-refractivity contribution in [2.75, 3.05) is 11.5 Å². The second-order valence-electron chi connectivity index (χ2n) is 7.22. The van der Waals surface area contributed by atoms with Crippen molar-refractivity contribution in [1.82, 2.24) is 19.9 Å². The first-order valence-corrected chi connectivity index (χ1v) is 10.8. The molecule has 0 saturated carbocycles. The molecule has 0 aliphatic carbocycles. The molecule has 142 valence electrons. The number of halogens is 1. The fourth-order valence-electron chi connectivity index (χ4n) is 3.43. The van der Waals surface area contributed by atoms with Crippen molar-refractivity contribution >= 4 is 21.4 Å². The Hall–Kier alpha value is -2.19. The Kier molecular flexibility index (Phi) is 4.35. The van der Waals surface area contributed by atoms with E-state index in [1.165, 1.54) is 0 Å². The van der Waals surface area contributed by atoms with Crippen molar-refractivity contribution in [3.63, 3.8) is 0 Å². The Morgan fingerprint density at radius 2 is 2.04 bits per heavy atom. The molecule has 1 atom stereocenters. The summed E-state index contributed by atoms with van der Waals surface area (Å²) < 4.78 is 31.3. The quantitative estimate of drug-likeness (QED) is 0.661. The van der Waals surface area contributed by atoms with Gasteiger partial charge in [0, 0.05) is 16.7 Å². The van der Waals surface area contributed by atoms with Gasteiger partial charge >= 0.3 is 0 Å². The average molecular weight is 407 g/mol. The predicted octanol–water partition coefficient (Wildman–Crippen LogP) is 3.02. The van der Waals surface area contributed by atoms with Crippen LogP contribution in [-0.2, 0) is 21.8 Å². The van der Waals surface area contributed by atoms with E-state index in [4.69, 9.17) is 16.1 Å².